The van der Waals surface area contributed by atoms with E-state index in [4.69, 9.17) is 17.0 Å². The van der Waals surface area contributed by atoms with Crippen molar-refractivity contribution in [2.45, 2.75) is 6.92 Å². The van der Waals surface area contributed by atoms with Crippen molar-refractivity contribution in [2.24, 2.45) is 0 Å². The molecule has 0 aliphatic heterocycles. The topological polar surface area (TPSA) is 120 Å². The van der Waals surface area contributed by atoms with E-state index in [1.807, 2.05) is 0 Å². The highest BCUT2D eigenvalue weighted by atomic mass is 32.1. The molecule has 0 aliphatic carbocycles. The van der Waals surface area contributed by atoms with Crippen LogP contribution in [0.2, 0.25) is 0 Å². The first-order valence-corrected chi connectivity index (χ1v) is 7.07. The van der Waals surface area contributed by atoms with Gasteiger partial charge >= 0.3 is 5.97 Å². The van der Waals surface area contributed by atoms with E-state index in [9.17, 15) is 19.7 Å². The number of nitro benzene ring substituents is 1. The van der Waals surface area contributed by atoms with Crippen molar-refractivity contribution in [2.75, 3.05) is 19.0 Å². The maximum absolute atomic E-state index is 11.6. The summed E-state index contributed by atoms with van der Waals surface area (Å²) >= 11 is 4.90. The number of esters is 1. The molecule has 1 aromatic carbocycles. The quantitative estimate of drug-likeness (QED) is 0.260. The fourth-order valence-corrected chi connectivity index (χ4v) is 1.75. The maximum Gasteiger partial charge on any atom is 0.330 e. The highest BCUT2D eigenvalue weighted by Crippen LogP contribution is 2.28. The summed E-state index contributed by atoms with van der Waals surface area (Å²) < 4.78 is 9.53. The maximum atomic E-state index is 11.6. The number of hydrogen-bond acceptors (Lipinski definition) is 7. The number of benzene rings is 1. The molecule has 0 fully saturated rings. The van der Waals surface area contributed by atoms with Crippen LogP contribution in [0.25, 0.3) is 0 Å². The van der Waals surface area contributed by atoms with E-state index in [1.165, 1.54) is 25.3 Å². The molecule has 0 aromatic heterocycles. The Morgan fingerprint density at radius 1 is 1.38 bits per heavy atom. The summed E-state index contributed by atoms with van der Waals surface area (Å²) in [4.78, 5) is 33.1. The molecule has 0 radical (unpaired) electrons. The average molecular weight is 353 g/mol. The lowest BCUT2D eigenvalue weighted by Crippen LogP contribution is -2.33. The molecule has 0 saturated carbocycles. The van der Waals surface area contributed by atoms with Crippen LogP contribution in [0, 0.1) is 10.1 Å². The number of rotatable bonds is 6. The van der Waals surface area contributed by atoms with Crippen LogP contribution in [0.4, 0.5) is 11.4 Å². The Morgan fingerprint density at radius 3 is 2.67 bits per heavy atom. The minimum absolute atomic E-state index is 0.0838. The molecule has 0 atom stereocenters. The van der Waals surface area contributed by atoms with Crippen LogP contribution in [-0.4, -0.2) is 35.6 Å². The number of thiocarbonyl (C=S) groups is 1. The van der Waals surface area contributed by atoms with Crippen molar-refractivity contribution in [3.63, 3.8) is 0 Å². The van der Waals surface area contributed by atoms with Gasteiger partial charge in [0.2, 0.25) is 5.91 Å². The molecule has 0 spiro atoms. The van der Waals surface area contributed by atoms with E-state index < -0.39 is 16.8 Å². The lowest BCUT2D eigenvalue weighted by Gasteiger charge is -2.09. The number of methoxy groups -OCH3 is 1. The molecular weight excluding hydrogens is 338 g/mol. The zero-order valence-corrected chi connectivity index (χ0v) is 13.7. The summed E-state index contributed by atoms with van der Waals surface area (Å²) in [5, 5.41) is 15.7. The summed E-state index contributed by atoms with van der Waals surface area (Å²) in [6.45, 7) is 1.82. The standard InChI is InChI=1S/C14H15N3O6S/c1-3-23-13(19)7-6-12(18)16-14(24)15-10-5-4-9(22-2)8-11(10)17(20)21/h4-8H,3H2,1-2H3,(H2,15,16,18,24)/b7-6+. The van der Waals surface area contributed by atoms with Gasteiger partial charge in [0.15, 0.2) is 5.11 Å². The van der Waals surface area contributed by atoms with Gasteiger partial charge in [-0.05, 0) is 31.3 Å². The van der Waals surface area contributed by atoms with Gasteiger partial charge in [0, 0.05) is 12.2 Å². The molecule has 1 aromatic rings. The van der Waals surface area contributed by atoms with Crippen molar-refractivity contribution < 1.29 is 24.0 Å². The number of carbonyl (C=O) groups is 2. The van der Waals surface area contributed by atoms with E-state index in [2.05, 4.69) is 15.4 Å². The number of amides is 1. The molecule has 0 saturated heterocycles. The average Bonchev–Trinajstić information content (AvgIpc) is 2.53. The number of carbonyl (C=O) groups excluding carboxylic acids is 2. The second-order valence-corrected chi connectivity index (χ2v) is 4.58. The Hall–Kier alpha value is -3.01. The van der Waals surface area contributed by atoms with Gasteiger partial charge in [-0.1, -0.05) is 0 Å². The van der Waals surface area contributed by atoms with Crippen LogP contribution in [0.15, 0.2) is 30.4 Å². The molecule has 9 nitrogen and oxygen atoms in total. The summed E-state index contributed by atoms with van der Waals surface area (Å²) in [5.41, 5.74) is -0.187. The number of nitrogens with one attached hydrogen (secondary N) is 2. The van der Waals surface area contributed by atoms with Crippen molar-refractivity contribution >= 4 is 40.6 Å². The molecule has 2 N–H and O–H groups in total. The first-order valence-electron chi connectivity index (χ1n) is 6.66. The van der Waals surface area contributed by atoms with Crippen molar-refractivity contribution in [3.8, 4) is 5.75 Å². The number of anilines is 1. The monoisotopic (exact) mass is 353 g/mol. The van der Waals surface area contributed by atoms with E-state index in [-0.39, 0.29) is 23.1 Å². The molecule has 10 heteroatoms. The fraction of sp³-hybridized carbons (Fsp3) is 0.214. The second kappa shape index (κ2) is 9.20. The Morgan fingerprint density at radius 2 is 2.08 bits per heavy atom. The fourth-order valence-electron chi connectivity index (χ4n) is 1.54. The molecule has 24 heavy (non-hydrogen) atoms. The van der Waals surface area contributed by atoms with Gasteiger partial charge in [-0.3, -0.25) is 20.2 Å². The van der Waals surface area contributed by atoms with Gasteiger partial charge in [-0.25, -0.2) is 4.79 Å². The van der Waals surface area contributed by atoms with Crippen molar-refractivity contribution in [1.29, 1.82) is 0 Å². The first kappa shape index (κ1) is 19.0. The number of nitro groups is 1. The Bertz CT molecular complexity index is 689. The van der Waals surface area contributed by atoms with E-state index in [1.54, 1.807) is 6.92 Å². The first-order chi connectivity index (χ1) is 11.4. The van der Waals surface area contributed by atoms with Crippen LogP contribution >= 0.6 is 12.2 Å². The van der Waals surface area contributed by atoms with Gasteiger partial charge in [-0.15, -0.1) is 0 Å². The minimum Gasteiger partial charge on any atom is -0.496 e. The molecule has 1 amide bonds. The van der Waals surface area contributed by atoms with Crippen molar-refractivity contribution in [3.05, 3.63) is 40.5 Å². The zero-order valence-electron chi connectivity index (χ0n) is 12.9. The molecule has 0 unspecified atom stereocenters. The van der Waals surface area contributed by atoms with E-state index >= 15 is 0 Å². The van der Waals surface area contributed by atoms with Crippen molar-refractivity contribution in [1.82, 2.24) is 5.32 Å². The van der Waals surface area contributed by atoms with Gasteiger partial charge in [0.05, 0.1) is 24.7 Å². The third kappa shape index (κ3) is 6.01. The molecule has 128 valence electrons. The predicted molar refractivity (Wildman–Crippen MR) is 89.8 cm³/mol. The van der Waals surface area contributed by atoms with E-state index in [0.717, 1.165) is 12.2 Å². The molecule has 0 aliphatic rings. The lowest BCUT2D eigenvalue weighted by atomic mass is 10.2. The number of hydrogen-bond donors (Lipinski definition) is 2. The highest BCUT2D eigenvalue weighted by Gasteiger charge is 2.16. The largest absolute Gasteiger partial charge is 0.496 e. The minimum atomic E-state index is -0.684. The predicted octanol–water partition coefficient (Wildman–Crippen LogP) is 1.54. The summed E-state index contributed by atoms with van der Waals surface area (Å²) in [5.74, 6) is -1.05. The number of ether oxygens (including phenoxy) is 2. The third-order valence-corrected chi connectivity index (χ3v) is 2.75. The Kier molecular flexibility index (Phi) is 7.30. The van der Waals surface area contributed by atoms with Gasteiger partial charge in [0.25, 0.3) is 5.69 Å². The normalized spacial score (nSPS) is 10.1. The Balaban J connectivity index is 2.73. The van der Waals surface area contributed by atoms with Gasteiger partial charge in [0.1, 0.15) is 11.4 Å². The smallest absolute Gasteiger partial charge is 0.330 e. The third-order valence-electron chi connectivity index (χ3n) is 2.54. The molecule has 0 heterocycles. The molecular formula is C14H15N3O6S. The molecule has 0 bridgehead atoms. The number of nitrogens with zero attached hydrogens (tertiary/aromatic N) is 1. The highest BCUT2D eigenvalue weighted by molar-refractivity contribution is 7.80. The Labute approximate surface area is 142 Å². The van der Waals surface area contributed by atoms with Gasteiger partial charge in [-0.2, -0.15) is 0 Å². The van der Waals surface area contributed by atoms with E-state index in [0.29, 0.717) is 5.75 Å². The summed E-state index contributed by atoms with van der Waals surface area (Å²) in [7, 11) is 1.38. The van der Waals surface area contributed by atoms with Crippen LogP contribution in [0.1, 0.15) is 6.92 Å². The molecule has 1 rings (SSSR count). The second-order valence-electron chi connectivity index (χ2n) is 4.17. The summed E-state index contributed by atoms with van der Waals surface area (Å²) in [6, 6.07) is 4.11. The van der Waals surface area contributed by atoms with Crippen LogP contribution in [0.3, 0.4) is 0 Å². The lowest BCUT2D eigenvalue weighted by molar-refractivity contribution is -0.384. The van der Waals surface area contributed by atoms with Crippen LogP contribution in [-0.2, 0) is 14.3 Å². The summed E-state index contributed by atoms with van der Waals surface area (Å²) in [6.07, 6.45) is 1.88. The SMILES string of the molecule is CCOC(=O)/C=C/C(=O)NC(=S)Nc1ccc(OC)cc1[N+](=O)[O-]. The van der Waals surface area contributed by atoms with Crippen LogP contribution < -0.4 is 15.4 Å². The zero-order chi connectivity index (χ0) is 18.1. The van der Waals surface area contributed by atoms with Gasteiger partial charge < -0.3 is 14.8 Å². The van der Waals surface area contributed by atoms with Crippen LogP contribution in [0.5, 0.6) is 5.75 Å².